The highest BCUT2D eigenvalue weighted by Crippen LogP contribution is 2.35. The van der Waals surface area contributed by atoms with Crippen LogP contribution in [0.15, 0.2) is 42.6 Å². The molecule has 0 amide bonds. The van der Waals surface area contributed by atoms with Gasteiger partial charge in [-0.05, 0) is 48.9 Å². The quantitative estimate of drug-likeness (QED) is 0.808. The van der Waals surface area contributed by atoms with Crippen molar-refractivity contribution < 1.29 is 4.74 Å². The molecule has 1 aliphatic heterocycles. The van der Waals surface area contributed by atoms with E-state index in [4.69, 9.17) is 4.74 Å². The van der Waals surface area contributed by atoms with Gasteiger partial charge in [-0.25, -0.2) is 0 Å². The van der Waals surface area contributed by atoms with E-state index < -0.39 is 0 Å². The van der Waals surface area contributed by atoms with E-state index in [9.17, 15) is 0 Å². The van der Waals surface area contributed by atoms with Crippen molar-refractivity contribution in [2.75, 3.05) is 13.2 Å². The summed E-state index contributed by atoms with van der Waals surface area (Å²) in [7, 11) is 0. The second kappa shape index (κ2) is 5.54. The smallest absolute Gasteiger partial charge is 0.0707 e. The fraction of sp³-hybridized carbons (Fsp3) is 0.353. The summed E-state index contributed by atoms with van der Waals surface area (Å²) < 4.78 is 5.48. The Kier molecular flexibility index (Phi) is 3.60. The van der Waals surface area contributed by atoms with Gasteiger partial charge in [-0.2, -0.15) is 0 Å². The summed E-state index contributed by atoms with van der Waals surface area (Å²) >= 11 is 0. The van der Waals surface area contributed by atoms with Crippen LogP contribution < -0.4 is 0 Å². The number of aromatic nitrogens is 1. The summed E-state index contributed by atoms with van der Waals surface area (Å²) in [5, 5.41) is 0. The fourth-order valence-corrected chi connectivity index (χ4v) is 2.90. The number of aryl methyl sites for hydroxylation is 1. The maximum absolute atomic E-state index is 5.48. The highest BCUT2D eigenvalue weighted by atomic mass is 16.5. The van der Waals surface area contributed by atoms with E-state index in [1.807, 2.05) is 12.3 Å². The topological polar surface area (TPSA) is 22.1 Å². The molecule has 1 fully saturated rings. The lowest BCUT2D eigenvalue weighted by molar-refractivity contribution is 0.0854. The van der Waals surface area contributed by atoms with E-state index in [2.05, 4.69) is 42.2 Å². The van der Waals surface area contributed by atoms with E-state index in [1.54, 1.807) is 0 Å². The van der Waals surface area contributed by atoms with Gasteiger partial charge in [0.1, 0.15) is 0 Å². The van der Waals surface area contributed by atoms with Gasteiger partial charge in [0.15, 0.2) is 0 Å². The molecule has 0 spiro atoms. The van der Waals surface area contributed by atoms with Crippen LogP contribution in [0.5, 0.6) is 0 Å². The van der Waals surface area contributed by atoms with Gasteiger partial charge >= 0.3 is 0 Å². The van der Waals surface area contributed by atoms with Crippen LogP contribution in [-0.2, 0) is 4.74 Å². The van der Waals surface area contributed by atoms with E-state index >= 15 is 0 Å². The lowest BCUT2D eigenvalue weighted by Crippen LogP contribution is -2.15. The van der Waals surface area contributed by atoms with Gasteiger partial charge in [0.25, 0.3) is 0 Å². The van der Waals surface area contributed by atoms with Crippen LogP contribution in [-0.4, -0.2) is 18.2 Å². The van der Waals surface area contributed by atoms with Crippen molar-refractivity contribution in [1.29, 1.82) is 0 Å². The molecule has 2 nitrogen and oxygen atoms in total. The first-order valence-corrected chi connectivity index (χ1v) is 6.95. The predicted molar refractivity (Wildman–Crippen MR) is 77.2 cm³/mol. The molecule has 1 saturated heterocycles. The molecule has 0 bridgehead atoms. The van der Waals surface area contributed by atoms with Crippen LogP contribution in [0.2, 0.25) is 0 Å². The number of hydrogen-bond acceptors (Lipinski definition) is 2. The molecule has 2 heterocycles. The molecule has 0 aliphatic carbocycles. The minimum Gasteiger partial charge on any atom is -0.381 e. The Bertz CT molecular complexity index is 544. The molecule has 0 saturated carbocycles. The van der Waals surface area contributed by atoms with Gasteiger partial charge < -0.3 is 4.74 Å². The minimum absolute atomic E-state index is 0.602. The van der Waals surface area contributed by atoms with Crippen molar-refractivity contribution in [3.63, 3.8) is 0 Å². The first-order valence-electron chi connectivity index (χ1n) is 6.95. The highest BCUT2D eigenvalue weighted by molar-refractivity contribution is 5.68. The van der Waals surface area contributed by atoms with Crippen molar-refractivity contribution in [1.82, 2.24) is 4.98 Å². The summed E-state index contributed by atoms with van der Waals surface area (Å²) in [5.74, 6) is 0.602. The number of benzene rings is 1. The highest BCUT2D eigenvalue weighted by Gasteiger charge is 2.20. The Balaban J connectivity index is 2.07. The molecule has 0 radical (unpaired) electrons. The second-order valence-corrected chi connectivity index (χ2v) is 5.14. The van der Waals surface area contributed by atoms with E-state index in [0.717, 1.165) is 31.7 Å². The monoisotopic (exact) mass is 253 g/mol. The summed E-state index contributed by atoms with van der Waals surface area (Å²) in [5.41, 5.74) is 5.14. The predicted octanol–water partition coefficient (Wildman–Crippen LogP) is 3.95. The van der Waals surface area contributed by atoms with Gasteiger partial charge in [-0.1, -0.05) is 24.3 Å². The summed E-state index contributed by atoms with van der Waals surface area (Å²) in [6.45, 7) is 3.92. The number of rotatable bonds is 2. The summed E-state index contributed by atoms with van der Waals surface area (Å²) in [6, 6.07) is 12.7. The van der Waals surface area contributed by atoms with Crippen LogP contribution >= 0.6 is 0 Å². The van der Waals surface area contributed by atoms with Crippen LogP contribution in [0.3, 0.4) is 0 Å². The van der Waals surface area contributed by atoms with Gasteiger partial charge in [-0.15, -0.1) is 0 Å². The van der Waals surface area contributed by atoms with Crippen LogP contribution in [0.25, 0.3) is 11.3 Å². The maximum Gasteiger partial charge on any atom is 0.0707 e. The molecule has 0 N–H and O–H groups in total. The number of pyridine rings is 1. The lowest BCUT2D eigenvalue weighted by atomic mass is 9.85. The van der Waals surface area contributed by atoms with Crippen LogP contribution in [0.4, 0.5) is 0 Å². The van der Waals surface area contributed by atoms with Crippen molar-refractivity contribution in [2.24, 2.45) is 0 Å². The molecule has 19 heavy (non-hydrogen) atoms. The number of ether oxygens (including phenoxy) is 1. The molecule has 1 aromatic carbocycles. The average molecular weight is 253 g/mol. The molecule has 2 heteroatoms. The SMILES string of the molecule is Cc1cccc(C2CCOCC2)c1-c1ccccn1. The first-order chi connectivity index (χ1) is 9.36. The molecule has 0 atom stereocenters. The largest absolute Gasteiger partial charge is 0.381 e. The zero-order valence-corrected chi connectivity index (χ0v) is 11.3. The Morgan fingerprint density at radius 2 is 1.89 bits per heavy atom. The number of nitrogens with zero attached hydrogens (tertiary/aromatic N) is 1. The summed E-state index contributed by atoms with van der Waals surface area (Å²) in [4.78, 5) is 4.53. The Morgan fingerprint density at radius 1 is 1.05 bits per heavy atom. The normalized spacial score (nSPS) is 16.5. The van der Waals surface area contributed by atoms with Gasteiger partial charge in [0.05, 0.1) is 5.69 Å². The second-order valence-electron chi connectivity index (χ2n) is 5.14. The van der Waals surface area contributed by atoms with Crippen molar-refractivity contribution in [3.8, 4) is 11.3 Å². The molecular weight excluding hydrogens is 234 g/mol. The zero-order valence-electron chi connectivity index (χ0n) is 11.3. The molecule has 0 unspecified atom stereocenters. The standard InChI is InChI=1S/C17H19NO/c1-13-5-4-6-15(14-8-11-19-12-9-14)17(13)16-7-2-3-10-18-16/h2-7,10,14H,8-9,11-12H2,1H3. The molecule has 1 aromatic heterocycles. The fourth-order valence-electron chi connectivity index (χ4n) is 2.90. The molecular formula is C17H19NO. The number of hydrogen-bond donors (Lipinski definition) is 0. The molecule has 1 aliphatic rings. The third kappa shape index (κ3) is 2.54. The Labute approximate surface area is 114 Å². The minimum atomic E-state index is 0.602. The van der Waals surface area contributed by atoms with Crippen molar-refractivity contribution >= 4 is 0 Å². The molecule has 3 rings (SSSR count). The van der Waals surface area contributed by atoms with Crippen LogP contribution in [0.1, 0.15) is 29.9 Å². The van der Waals surface area contributed by atoms with Crippen LogP contribution in [0, 0.1) is 6.92 Å². The van der Waals surface area contributed by atoms with E-state index in [-0.39, 0.29) is 0 Å². The Hall–Kier alpha value is -1.67. The third-order valence-electron chi connectivity index (χ3n) is 3.89. The van der Waals surface area contributed by atoms with E-state index in [1.165, 1.54) is 16.7 Å². The van der Waals surface area contributed by atoms with Gasteiger partial charge in [0, 0.05) is 25.0 Å². The zero-order chi connectivity index (χ0) is 13.1. The maximum atomic E-state index is 5.48. The van der Waals surface area contributed by atoms with E-state index in [0.29, 0.717) is 5.92 Å². The average Bonchev–Trinajstić information content (AvgIpc) is 2.49. The van der Waals surface area contributed by atoms with Crippen molar-refractivity contribution in [3.05, 3.63) is 53.7 Å². The van der Waals surface area contributed by atoms with Gasteiger partial charge in [0.2, 0.25) is 0 Å². The lowest BCUT2D eigenvalue weighted by Gasteiger charge is -2.25. The van der Waals surface area contributed by atoms with Crippen molar-refractivity contribution in [2.45, 2.75) is 25.7 Å². The first kappa shape index (κ1) is 12.4. The summed E-state index contributed by atoms with van der Waals surface area (Å²) in [6.07, 6.45) is 4.10. The molecule has 98 valence electrons. The molecule has 2 aromatic rings. The van der Waals surface area contributed by atoms with Gasteiger partial charge in [-0.3, -0.25) is 4.98 Å². The Morgan fingerprint density at radius 3 is 2.63 bits per heavy atom. The third-order valence-corrected chi connectivity index (χ3v) is 3.89.